The van der Waals surface area contributed by atoms with E-state index in [1.807, 2.05) is 72.8 Å². The third-order valence-corrected chi connectivity index (χ3v) is 10.8. The van der Waals surface area contributed by atoms with Gasteiger partial charge in [-0.3, -0.25) is 23.9 Å². The molecule has 8 rings (SSSR count). The van der Waals surface area contributed by atoms with Gasteiger partial charge in [0.15, 0.2) is 0 Å². The molecular weight excluding hydrogens is 708 g/mol. The fourth-order valence-electron chi connectivity index (χ4n) is 7.88. The number of amides is 2. The van der Waals surface area contributed by atoms with E-state index in [0.29, 0.717) is 48.0 Å². The second-order valence-electron chi connectivity index (χ2n) is 14.2. The third-order valence-electron chi connectivity index (χ3n) is 10.8. The molecule has 11 nitrogen and oxygen atoms in total. The van der Waals surface area contributed by atoms with Gasteiger partial charge in [-0.25, -0.2) is 4.79 Å². The first kappa shape index (κ1) is 40.6. The minimum Gasteiger partial charge on any atom is -0.506 e. The van der Waals surface area contributed by atoms with E-state index in [1.165, 1.54) is 12.1 Å². The first-order chi connectivity index (χ1) is 25.7. The summed E-state index contributed by atoms with van der Waals surface area (Å²) in [4.78, 5) is 44.3. The van der Waals surface area contributed by atoms with Gasteiger partial charge < -0.3 is 35.8 Å². The fraction of sp³-hybridized carbons (Fsp3) is 0.310. The average molecular weight is 756 g/mol. The van der Waals surface area contributed by atoms with E-state index in [4.69, 9.17) is 0 Å². The molecule has 2 amide bonds. The molecule has 1 aromatic heterocycles. The van der Waals surface area contributed by atoms with Crippen molar-refractivity contribution in [3.63, 3.8) is 0 Å². The summed E-state index contributed by atoms with van der Waals surface area (Å²) in [6, 6.07) is 29.6. The number of aliphatic hydroxyl groups is 1. The zero-order chi connectivity index (χ0) is 37.0. The second-order valence-corrected chi connectivity index (χ2v) is 14.2. The van der Waals surface area contributed by atoms with Crippen molar-refractivity contribution in [1.82, 2.24) is 15.2 Å². The number of phenols is 1. The van der Waals surface area contributed by atoms with E-state index in [0.717, 1.165) is 66.8 Å². The van der Waals surface area contributed by atoms with Gasteiger partial charge in [-0.15, -0.1) is 0 Å². The van der Waals surface area contributed by atoms with Crippen LogP contribution in [-0.4, -0.2) is 68.9 Å². The molecule has 0 aliphatic carbocycles. The van der Waals surface area contributed by atoms with Gasteiger partial charge in [0.1, 0.15) is 5.75 Å². The number of hydrogen-bond acceptors (Lipinski definition) is 7. The van der Waals surface area contributed by atoms with Crippen LogP contribution in [0.25, 0.3) is 22.0 Å². The minimum absolute atomic E-state index is 0. The zero-order valence-electron chi connectivity index (χ0n) is 30.4. The highest BCUT2D eigenvalue weighted by Crippen LogP contribution is 2.44. The van der Waals surface area contributed by atoms with Crippen molar-refractivity contribution in [3.05, 3.63) is 124 Å². The predicted molar refractivity (Wildman–Crippen MR) is 211 cm³/mol. The Labute approximate surface area is 317 Å². The van der Waals surface area contributed by atoms with Crippen LogP contribution < -0.4 is 21.1 Å². The van der Waals surface area contributed by atoms with Crippen molar-refractivity contribution in [2.24, 2.45) is 0 Å². The van der Waals surface area contributed by atoms with Crippen LogP contribution in [0.4, 0.5) is 25.6 Å². The van der Waals surface area contributed by atoms with E-state index >= 15 is 0 Å². The number of H-pyrrole nitrogens is 1. The summed E-state index contributed by atoms with van der Waals surface area (Å²) in [5.74, 6) is -0.150. The van der Waals surface area contributed by atoms with E-state index in [9.17, 15) is 29.7 Å². The molecule has 0 unspecified atom stereocenters. The highest BCUT2D eigenvalue weighted by atomic mass is 19.0. The van der Waals surface area contributed by atoms with Gasteiger partial charge in [0, 0.05) is 61.8 Å². The molecule has 3 aliphatic heterocycles. The Morgan fingerprint density at radius 1 is 0.873 bits per heavy atom. The molecule has 5 aromatic rings. The van der Waals surface area contributed by atoms with Gasteiger partial charge in [0.05, 0.1) is 22.8 Å². The molecule has 3 aliphatic rings. The lowest BCUT2D eigenvalue weighted by Gasteiger charge is -2.53. The molecule has 4 aromatic carbocycles. The number of aromatic hydroxyl groups is 1. The van der Waals surface area contributed by atoms with E-state index in [-0.39, 0.29) is 33.2 Å². The number of carbonyl (C=O) groups excluding carboxylic acids is 1. The number of rotatable bonds is 13. The standard InChI is InChI=1S/C42H45N5O6.2FH/c48-36-17-15-33(34-16-18-39(51)45-40(34)36)37(49)27-43-26-29-9-12-31(13-10-29)44-38(50)8-4-5-28-11-14-32(30-6-2-1-3-7-30)35(25-28)47(41(52)53)42-19-22-46(23-20-42)24-21-42;;/h1-3,6-7,9-18,25,37,43,48-49H,4-5,8,19-24,26-27H2,(H,44,50)(H,45,51)(H,52,53);2*1H/t37-;;/m0../s1. The maximum atomic E-state index is 13.0. The predicted octanol–water partition coefficient (Wildman–Crippen LogP) is 6.71. The normalized spacial score (nSPS) is 17.8. The number of carbonyl (C=O) groups is 2. The number of aromatic amines is 1. The molecule has 0 spiro atoms. The number of carboxylic acid groups (broad SMARTS) is 1. The Balaban J connectivity index is 0.00000290. The topological polar surface area (TPSA) is 158 Å². The summed E-state index contributed by atoms with van der Waals surface area (Å²) in [5.41, 5.74) is 5.39. The first-order valence-corrected chi connectivity index (χ1v) is 18.3. The van der Waals surface area contributed by atoms with Crippen LogP contribution in [0.3, 0.4) is 0 Å². The smallest absolute Gasteiger partial charge is 0.412 e. The van der Waals surface area contributed by atoms with Crippen LogP contribution in [0.1, 0.15) is 54.9 Å². The highest BCUT2D eigenvalue weighted by molar-refractivity contribution is 5.95. The van der Waals surface area contributed by atoms with Crippen molar-refractivity contribution < 1.29 is 34.3 Å². The summed E-state index contributed by atoms with van der Waals surface area (Å²) >= 11 is 0. The highest BCUT2D eigenvalue weighted by Gasteiger charge is 2.47. The Bertz CT molecular complexity index is 2140. The molecule has 4 heterocycles. The molecule has 6 N–H and O–H groups in total. The van der Waals surface area contributed by atoms with Crippen LogP contribution in [0.15, 0.2) is 102 Å². The molecule has 0 radical (unpaired) electrons. The summed E-state index contributed by atoms with van der Waals surface area (Å²) < 4.78 is 0. The number of aryl methyl sites for hydroxylation is 1. The molecule has 3 fully saturated rings. The van der Waals surface area contributed by atoms with Gasteiger partial charge in [0.2, 0.25) is 11.5 Å². The number of nitrogens with one attached hydrogen (secondary N) is 3. The zero-order valence-corrected chi connectivity index (χ0v) is 30.4. The van der Waals surface area contributed by atoms with Crippen molar-refractivity contribution in [2.45, 2.75) is 56.7 Å². The summed E-state index contributed by atoms with van der Waals surface area (Å²) in [5, 5.41) is 38.4. The summed E-state index contributed by atoms with van der Waals surface area (Å²) in [7, 11) is 0. The summed E-state index contributed by atoms with van der Waals surface area (Å²) in [6.45, 7) is 3.47. The summed E-state index contributed by atoms with van der Waals surface area (Å²) in [6.07, 6.45) is 2.25. The Kier molecular flexibility index (Phi) is 13.0. The number of anilines is 2. The lowest BCUT2D eigenvalue weighted by atomic mass is 9.78. The minimum atomic E-state index is -0.921. The van der Waals surface area contributed by atoms with Crippen LogP contribution >= 0.6 is 0 Å². The third kappa shape index (κ3) is 9.02. The number of halogens is 2. The lowest BCUT2D eigenvalue weighted by Crippen LogP contribution is -2.62. The van der Waals surface area contributed by atoms with E-state index in [1.54, 1.807) is 17.0 Å². The van der Waals surface area contributed by atoms with Crippen LogP contribution in [-0.2, 0) is 17.8 Å². The number of hydrogen-bond donors (Lipinski definition) is 6. The molecule has 0 saturated carbocycles. The van der Waals surface area contributed by atoms with Gasteiger partial charge in [-0.2, -0.15) is 0 Å². The van der Waals surface area contributed by atoms with Crippen molar-refractivity contribution in [2.75, 3.05) is 36.4 Å². The fourth-order valence-corrected chi connectivity index (χ4v) is 7.88. The van der Waals surface area contributed by atoms with E-state index < -0.39 is 17.7 Å². The SMILES string of the molecule is F.F.O=C(CCCc1ccc(-c2ccccc2)c(N(C(=O)O)C23CCN(CC2)CC3)c1)Nc1ccc(CNC[C@H](O)c2ccc(O)c3[nH]c(=O)ccc23)cc1. The Morgan fingerprint density at radius 3 is 2.25 bits per heavy atom. The monoisotopic (exact) mass is 755 g/mol. The number of phenolic OH excluding ortho intramolecular Hbond substituents is 1. The molecular formula is C42H47F2N5O6. The van der Waals surface area contributed by atoms with Crippen molar-refractivity contribution >= 4 is 34.3 Å². The number of benzene rings is 4. The molecule has 290 valence electrons. The van der Waals surface area contributed by atoms with Crippen LogP contribution in [0.5, 0.6) is 5.75 Å². The molecule has 2 bridgehead atoms. The van der Waals surface area contributed by atoms with Crippen molar-refractivity contribution in [3.8, 4) is 16.9 Å². The van der Waals surface area contributed by atoms with Crippen LogP contribution in [0, 0.1) is 0 Å². The molecule has 1 atom stereocenters. The number of pyridine rings is 1. The molecule has 55 heavy (non-hydrogen) atoms. The maximum absolute atomic E-state index is 13.0. The van der Waals surface area contributed by atoms with Gasteiger partial charge in [-0.05, 0) is 84.7 Å². The number of aliphatic hydroxyl groups excluding tert-OH is 1. The lowest BCUT2D eigenvalue weighted by molar-refractivity contribution is -0.116. The van der Waals surface area contributed by atoms with E-state index in [2.05, 4.69) is 20.5 Å². The number of aromatic nitrogens is 1. The largest absolute Gasteiger partial charge is 0.506 e. The number of piperidine rings is 3. The van der Waals surface area contributed by atoms with Crippen LogP contribution in [0.2, 0.25) is 0 Å². The number of nitrogens with zero attached hydrogens (tertiary/aromatic N) is 2. The maximum Gasteiger partial charge on any atom is 0.412 e. The molecule has 13 heteroatoms. The quantitative estimate of drug-likeness (QED) is 0.0774. The van der Waals surface area contributed by atoms with Crippen molar-refractivity contribution in [1.29, 1.82) is 0 Å². The second kappa shape index (κ2) is 17.7. The van der Waals surface area contributed by atoms with Gasteiger partial charge in [0.25, 0.3) is 0 Å². The molecule has 3 saturated heterocycles. The van der Waals surface area contributed by atoms with Gasteiger partial charge >= 0.3 is 6.09 Å². The Hall–Kier alpha value is -5.63. The average Bonchev–Trinajstić information content (AvgIpc) is 3.17. The Morgan fingerprint density at radius 2 is 1.56 bits per heavy atom. The number of fused-ring (bicyclic) bond motifs is 4. The van der Waals surface area contributed by atoms with Gasteiger partial charge in [-0.1, -0.05) is 60.7 Å². The first-order valence-electron chi connectivity index (χ1n) is 18.3.